The van der Waals surface area contributed by atoms with E-state index in [-0.39, 0.29) is 11.9 Å². The third kappa shape index (κ3) is 4.96. The second-order valence-electron chi connectivity index (χ2n) is 7.76. The summed E-state index contributed by atoms with van der Waals surface area (Å²) in [6.07, 6.45) is 0. The van der Waals surface area contributed by atoms with Crippen LogP contribution in [0.15, 0.2) is 78.9 Å². The predicted molar refractivity (Wildman–Crippen MR) is 119 cm³/mol. The molecule has 0 radical (unpaired) electrons. The molecule has 0 unspecified atom stereocenters. The molecule has 1 aliphatic heterocycles. The van der Waals surface area contributed by atoms with Crippen LogP contribution in [0.1, 0.15) is 38.7 Å². The van der Waals surface area contributed by atoms with Crippen molar-refractivity contribution in [3.63, 3.8) is 0 Å². The molecule has 3 aromatic carbocycles. The van der Waals surface area contributed by atoms with Gasteiger partial charge in [-0.2, -0.15) is 0 Å². The first-order valence-electron chi connectivity index (χ1n) is 10.5. The maximum Gasteiger partial charge on any atom is 0.252 e. The van der Waals surface area contributed by atoms with Gasteiger partial charge in [0.05, 0.1) is 19.3 Å². The highest BCUT2D eigenvalue weighted by molar-refractivity contribution is 5.94. The van der Waals surface area contributed by atoms with Gasteiger partial charge in [-0.1, -0.05) is 66.7 Å². The minimum absolute atomic E-state index is 0.0593. The van der Waals surface area contributed by atoms with E-state index in [9.17, 15) is 4.79 Å². The van der Waals surface area contributed by atoms with Gasteiger partial charge in [-0.15, -0.1) is 0 Å². The standard InChI is InChI=1S/C26H28N2O2/c1-20-8-5-6-13-24(20)25(22-10-3-2-4-11-22)27-26(29)23-12-7-9-21(18-23)19-28-14-16-30-17-15-28/h2-13,18,25H,14-17,19H2,1H3,(H,27,29)/t25-/m0/s1. The molecule has 1 N–H and O–H groups in total. The predicted octanol–water partition coefficient (Wildman–Crippen LogP) is 4.35. The summed E-state index contributed by atoms with van der Waals surface area (Å²) in [6, 6.07) is 26.1. The molecule has 4 heteroatoms. The largest absolute Gasteiger partial charge is 0.379 e. The van der Waals surface area contributed by atoms with Gasteiger partial charge in [-0.25, -0.2) is 0 Å². The number of aryl methyl sites for hydroxylation is 1. The van der Waals surface area contributed by atoms with Crippen LogP contribution in [0.2, 0.25) is 0 Å². The Morgan fingerprint density at radius 3 is 2.47 bits per heavy atom. The van der Waals surface area contributed by atoms with Gasteiger partial charge in [0.2, 0.25) is 0 Å². The summed E-state index contributed by atoms with van der Waals surface area (Å²) in [5.74, 6) is -0.0593. The Morgan fingerprint density at radius 1 is 0.967 bits per heavy atom. The molecule has 1 heterocycles. The Morgan fingerprint density at radius 2 is 1.70 bits per heavy atom. The zero-order chi connectivity index (χ0) is 20.8. The zero-order valence-electron chi connectivity index (χ0n) is 17.4. The maximum absolute atomic E-state index is 13.2. The number of rotatable bonds is 6. The first kappa shape index (κ1) is 20.3. The highest BCUT2D eigenvalue weighted by Crippen LogP contribution is 2.25. The van der Waals surface area contributed by atoms with Gasteiger partial charge in [0.1, 0.15) is 0 Å². The number of benzene rings is 3. The minimum atomic E-state index is -0.192. The van der Waals surface area contributed by atoms with Gasteiger partial charge in [0, 0.05) is 25.2 Å². The van der Waals surface area contributed by atoms with Crippen LogP contribution in [-0.4, -0.2) is 37.1 Å². The van der Waals surface area contributed by atoms with Crippen LogP contribution in [0, 0.1) is 6.92 Å². The third-order valence-electron chi connectivity index (χ3n) is 5.61. The van der Waals surface area contributed by atoms with E-state index in [1.54, 1.807) is 0 Å². The molecule has 1 aliphatic rings. The van der Waals surface area contributed by atoms with Crippen LogP contribution in [0.3, 0.4) is 0 Å². The molecule has 4 nitrogen and oxygen atoms in total. The number of hydrogen-bond donors (Lipinski definition) is 1. The molecule has 30 heavy (non-hydrogen) atoms. The van der Waals surface area contributed by atoms with E-state index >= 15 is 0 Å². The van der Waals surface area contributed by atoms with Crippen molar-refractivity contribution in [3.05, 3.63) is 107 Å². The molecule has 1 saturated heterocycles. The van der Waals surface area contributed by atoms with Crippen molar-refractivity contribution in [2.24, 2.45) is 0 Å². The molecular formula is C26H28N2O2. The average Bonchev–Trinajstić information content (AvgIpc) is 2.79. The number of hydrogen-bond acceptors (Lipinski definition) is 3. The second kappa shape index (κ2) is 9.70. The van der Waals surface area contributed by atoms with Gasteiger partial charge in [-0.3, -0.25) is 9.69 Å². The first-order valence-corrected chi connectivity index (χ1v) is 10.5. The minimum Gasteiger partial charge on any atom is -0.379 e. The number of ether oxygens (including phenoxy) is 1. The molecular weight excluding hydrogens is 372 g/mol. The summed E-state index contributed by atoms with van der Waals surface area (Å²) >= 11 is 0. The van der Waals surface area contributed by atoms with Gasteiger partial charge < -0.3 is 10.1 Å². The van der Waals surface area contributed by atoms with Gasteiger partial charge in [0.25, 0.3) is 5.91 Å². The Bertz CT molecular complexity index is 981. The van der Waals surface area contributed by atoms with Crippen molar-refractivity contribution in [1.82, 2.24) is 10.2 Å². The van der Waals surface area contributed by atoms with E-state index in [1.807, 2.05) is 48.5 Å². The van der Waals surface area contributed by atoms with E-state index in [0.29, 0.717) is 5.56 Å². The molecule has 0 saturated carbocycles. The number of carbonyl (C=O) groups is 1. The Labute approximate surface area is 178 Å². The summed E-state index contributed by atoms with van der Waals surface area (Å²) in [6.45, 7) is 6.33. The van der Waals surface area contributed by atoms with E-state index in [2.05, 4.69) is 47.5 Å². The Balaban J connectivity index is 1.55. The number of morpholine rings is 1. The van der Waals surface area contributed by atoms with Gasteiger partial charge in [0.15, 0.2) is 0 Å². The van der Waals surface area contributed by atoms with E-state index < -0.39 is 0 Å². The molecule has 1 fully saturated rings. The lowest BCUT2D eigenvalue weighted by Gasteiger charge is -2.26. The van der Waals surface area contributed by atoms with Crippen LogP contribution in [-0.2, 0) is 11.3 Å². The van der Waals surface area contributed by atoms with Crippen LogP contribution in [0.5, 0.6) is 0 Å². The molecule has 1 atom stereocenters. The van der Waals surface area contributed by atoms with Crippen LogP contribution in [0.25, 0.3) is 0 Å². The second-order valence-corrected chi connectivity index (χ2v) is 7.76. The molecule has 0 bridgehead atoms. The fourth-order valence-corrected chi connectivity index (χ4v) is 3.94. The molecule has 3 aromatic rings. The number of carbonyl (C=O) groups excluding carboxylic acids is 1. The first-order chi connectivity index (χ1) is 14.7. The van der Waals surface area contributed by atoms with Crippen molar-refractivity contribution >= 4 is 5.91 Å². The molecule has 154 valence electrons. The maximum atomic E-state index is 13.2. The van der Waals surface area contributed by atoms with E-state index in [1.165, 1.54) is 0 Å². The molecule has 0 spiro atoms. The fraction of sp³-hybridized carbons (Fsp3) is 0.269. The highest BCUT2D eigenvalue weighted by atomic mass is 16.5. The van der Waals surface area contributed by atoms with Crippen molar-refractivity contribution < 1.29 is 9.53 Å². The number of nitrogens with one attached hydrogen (secondary N) is 1. The number of nitrogens with zero attached hydrogens (tertiary/aromatic N) is 1. The molecule has 1 amide bonds. The van der Waals surface area contributed by atoms with Crippen LogP contribution >= 0.6 is 0 Å². The van der Waals surface area contributed by atoms with E-state index in [4.69, 9.17) is 4.74 Å². The Hall–Kier alpha value is -2.95. The average molecular weight is 401 g/mol. The topological polar surface area (TPSA) is 41.6 Å². The molecule has 4 rings (SSSR count). The Kier molecular flexibility index (Phi) is 6.57. The van der Waals surface area contributed by atoms with Crippen molar-refractivity contribution in [2.75, 3.05) is 26.3 Å². The summed E-state index contributed by atoms with van der Waals surface area (Å²) in [5.41, 5.74) is 5.19. The number of amides is 1. The fourth-order valence-electron chi connectivity index (χ4n) is 3.94. The van der Waals surface area contributed by atoms with Crippen molar-refractivity contribution in [1.29, 1.82) is 0 Å². The van der Waals surface area contributed by atoms with Gasteiger partial charge in [-0.05, 0) is 41.3 Å². The lowest BCUT2D eigenvalue weighted by molar-refractivity contribution is 0.0342. The lowest BCUT2D eigenvalue weighted by atomic mass is 9.94. The quantitative estimate of drug-likeness (QED) is 0.669. The van der Waals surface area contributed by atoms with Crippen molar-refractivity contribution in [2.45, 2.75) is 19.5 Å². The summed E-state index contributed by atoms with van der Waals surface area (Å²) in [7, 11) is 0. The third-order valence-corrected chi connectivity index (χ3v) is 5.61. The summed E-state index contributed by atoms with van der Waals surface area (Å²) in [4.78, 5) is 15.6. The van der Waals surface area contributed by atoms with Gasteiger partial charge >= 0.3 is 0 Å². The monoisotopic (exact) mass is 400 g/mol. The zero-order valence-corrected chi connectivity index (χ0v) is 17.4. The SMILES string of the molecule is Cc1ccccc1[C@@H](NC(=O)c1cccc(CN2CCOCC2)c1)c1ccccc1. The summed E-state index contributed by atoms with van der Waals surface area (Å²) < 4.78 is 5.43. The van der Waals surface area contributed by atoms with Crippen LogP contribution in [0.4, 0.5) is 0 Å². The molecule has 0 aliphatic carbocycles. The smallest absolute Gasteiger partial charge is 0.252 e. The highest BCUT2D eigenvalue weighted by Gasteiger charge is 2.20. The van der Waals surface area contributed by atoms with E-state index in [0.717, 1.165) is 55.1 Å². The van der Waals surface area contributed by atoms with Crippen LogP contribution < -0.4 is 5.32 Å². The normalized spacial score (nSPS) is 15.5. The molecule has 0 aromatic heterocycles. The van der Waals surface area contributed by atoms with Crippen molar-refractivity contribution in [3.8, 4) is 0 Å². The summed E-state index contributed by atoms with van der Waals surface area (Å²) in [5, 5.41) is 3.27. The lowest BCUT2D eigenvalue weighted by Crippen LogP contribution is -2.35.